The van der Waals surface area contributed by atoms with Crippen molar-refractivity contribution in [3.8, 4) is 5.75 Å². The predicted molar refractivity (Wildman–Crippen MR) is 106 cm³/mol. The molecule has 0 aliphatic carbocycles. The summed E-state index contributed by atoms with van der Waals surface area (Å²) in [4.78, 5) is 28.2. The van der Waals surface area contributed by atoms with Crippen LogP contribution in [-0.2, 0) is 9.53 Å². The molecule has 4 atom stereocenters. The first-order valence-electron chi connectivity index (χ1n) is 9.65. The Balaban J connectivity index is 2.07. The highest BCUT2D eigenvalue weighted by atomic mass is 19.4. The maximum absolute atomic E-state index is 14.3. The van der Waals surface area contributed by atoms with Gasteiger partial charge in [0.25, 0.3) is 5.91 Å². The zero-order valence-corrected chi connectivity index (χ0v) is 17.7. The molecule has 0 saturated carbocycles. The predicted octanol–water partition coefficient (Wildman–Crippen LogP) is 3.55. The Hall–Kier alpha value is -3.28. The average Bonchev–Trinajstić information content (AvgIpc) is 3.02. The van der Waals surface area contributed by atoms with Crippen molar-refractivity contribution >= 4 is 17.6 Å². The summed E-state index contributed by atoms with van der Waals surface area (Å²) < 4.78 is 80.0. The lowest BCUT2D eigenvalue weighted by atomic mass is 9.77. The summed E-state index contributed by atoms with van der Waals surface area (Å²) in [7, 11) is 1.03. The van der Waals surface area contributed by atoms with Gasteiger partial charge in [-0.25, -0.2) is 9.37 Å². The van der Waals surface area contributed by atoms with Crippen LogP contribution in [0.5, 0.6) is 5.75 Å². The second-order valence-corrected chi connectivity index (χ2v) is 7.72. The molecule has 2 aromatic rings. The number of alkyl halides is 3. The van der Waals surface area contributed by atoms with Gasteiger partial charge in [-0.1, -0.05) is 13.0 Å². The van der Waals surface area contributed by atoms with E-state index in [-0.39, 0.29) is 16.9 Å². The quantitative estimate of drug-likeness (QED) is 0.647. The summed E-state index contributed by atoms with van der Waals surface area (Å²) in [5, 5.41) is 2.29. The topological polar surface area (TPSA) is 104 Å². The van der Waals surface area contributed by atoms with E-state index in [1.165, 1.54) is 19.2 Å². The number of nitrogens with one attached hydrogen (secondary N) is 1. The number of halogens is 5. The maximum Gasteiger partial charge on any atom is 0.417 e. The Morgan fingerprint density at radius 3 is 2.48 bits per heavy atom. The first kappa shape index (κ1) is 24.4. The van der Waals surface area contributed by atoms with Gasteiger partial charge >= 0.3 is 6.18 Å². The van der Waals surface area contributed by atoms with Gasteiger partial charge in [0.2, 0.25) is 11.7 Å². The fourth-order valence-electron chi connectivity index (χ4n) is 3.89. The molecule has 0 bridgehead atoms. The number of methoxy groups -OCH3 is 1. The number of carbonyl (C=O) groups excluding carboxylic acids is 2. The monoisotopic (exact) mass is 473 g/mol. The van der Waals surface area contributed by atoms with E-state index in [0.717, 1.165) is 32.2 Å². The van der Waals surface area contributed by atoms with Crippen LogP contribution >= 0.6 is 0 Å². The van der Waals surface area contributed by atoms with E-state index in [1.54, 1.807) is 0 Å². The van der Waals surface area contributed by atoms with Crippen LogP contribution in [0.2, 0.25) is 0 Å². The van der Waals surface area contributed by atoms with E-state index in [9.17, 15) is 31.5 Å². The van der Waals surface area contributed by atoms with Crippen molar-refractivity contribution in [3.05, 3.63) is 53.2 Å². The number of rotatable bonds is 5. The standard InChI is InChI=1S/C21H20F5N3O4/c1-9-14(11-4-5-12(22)15(23)16(11)32-3)17(33-20(9,2)21(24,25)26)19(31)29-13-8-10(18(27)30)6-7-28-13/h4-9,14,17H,1-3H3,(H2,27,30)(H,28,29,31)/t9-,14+,17+,20+/m0/s1. The second kappa shape index (κ2) is 8.58. The number of hydrogen-bond acceptors (Lipinski definition) is 5. The van der Waals surface area contributed by atoms with Gasteiger partial charge in [-0.2, -0.15) is 17.6 Å². The highest BCUT2D eigenvalue weighted by Crippen LogP contribution is 2.54. The van der Waals surface area contributed by atoms with E-state index in [2.05, 4.69) is 10.3 Å². The Bertz CT molecular complexity index is 1090. The van der Waals surface area contributed by atoms with Crippen molar-refractivity contribution in [2.45, 2.75) is 37.6 Å². The highest BCUT2D eigenvalue weighted by molar-refractivity contribution is 5.97. The van der Waals surface area contributed by atoms with E-state index in [4.69, 9.17) is 15.2 Å². The summed E-state index contributed by atoms with van der Waals surface area (Å²) in [6.07, 6.45) is -5.51. The number of anilines is 1. The van der Waals surface area contributed by atoms with Crippen molar-refractivity contribution < 1.29 is 41.0 Å². The molecule has 1 aromatic heterocycles. The van der Waals surface area contributed by atoms with Crippen LogP contribution in [0.1, 0.15) is 35.7 Å². The molecule has 3 rings (SSSR count). The number of hydrogen-bond donors (Lipinski definition) is 2. The number of amides is 2. The molecule has 1 aromatic carbocycles. The first-order valence-corrected chi connectivity index (χ1v) is 9.65. The number of nitrogens with two attached hydrogens (primary N) is 1. The molecule has 0 radical (unpaired) electrons. The Kier molecular flexibility index (Phi) is 6.33. The molecule has 3 N–H and O–H groups in total. The van der Waals surface area contributed by atoms with Gasteiger partial charge in [0.15, 0.2) is 17.2 Å². The van der Waals surface area contributed by atoms with Crippen molar-refractivity contribution in [1.82, 2.24) is 4.98 Å². The molecule has 33 heavy (non-hydrogen) atoms. The van der Waals surface area contributed by atoms with Gasteiger partial charge in [-0.3, -0.25) is 9.59 Å². The van der Waals surface area contributed by atoms with Crippen molar-refractivity contribution in [2.75, 3.05) is 12.4 Å². The molecule has 0 unspecified atom stereocenters. The van der Waals surface area contributed by atoms with Crippen molar-refractivity contribution in [2.24, 2.45) is 11.7 Å². The van der Waals surface area contributed by atoms with Crippen molar-refractivity contribution in [1.29, 1.82) is 0 Å². The largest absolute Gasteiger partial charge is 0.493 e. The molecule has 1 fully saturated rings. The van der Waals surface area contributed by atoms with Crippen LogP contribution in [0, 0.1) is 17.6 Å². The number of nitrogens with zero attached hydrogens (tertiary/aromatic N) is 1. The Morgan fingerprint density at radius 1 is 1.24 bits per heavy atom. The van der Waals surface area contributed by atoms with E-state index in [1.807, 2.05) is 0 Å². The smallest absolute Gasteiger partial charge is 0.417 e. The van der Waals surface area contributed by atoms with Gasteiger partial charge in [0, 0.05) is 29.2 Å². The fraction of sp³-hybridized carbons (Fsp3) is 0.381. The Labute approximate surface area is 185 Å². The zero-order chi connectivity index (χ0) is 24.7. The number of benzene rings is 1. The average molecular weight is 473 g/mol. The third kappa shape index (κ3) is 4.22. The lowest BCUT2D eigenvalue weighted by molar-refractivity contribution is -0.272. The molecule has 178 valence electrons. The molecule has 7 nitrogen and oxygen atoms in total. The van der Waals surface area contributed by atoms with E-state index in [0.29, 0.717) is 0 Å². The summed E-state index contributed by atoms with van der Waals surface area (Å²) in [5.74, 6) is -8.10. The molecule has 1 aliphatic rings. The SMILES string of the molecule is COc1c([C@@H]2[C@H](C(=O)Nc3cc(C(N)=O)ccn3)O[C@@](C)(C(F)(F)F)[C@H]2C)ccc(F)c1F. The number of pyridine rings is 1. The number of carbonyl (C=O) groups is 2. The van der Waals surface area contributed by atoms with Crippen LogP contribution in [0.25, 0.3) is 0 Å². The van der Waals surface area contributed by atoms with Crippen LogP contribution in [0.15, 0.2) is 30.5 Å². The minimum Gasteiger partial charge on any atom is -0.493 e. The van der Waals surface area contributed by atoms with Gasteiger partial charge in [-0.05, 0) is 25.1 Å². The zero-order valence-electron chi connectivity index (χ0n) is 17.7. The molecule has 1 saturated heterocycles. The lowest BCUT2D eigenvalue weighted by Crippen LogP contribution is -2.47. The molecule has 2 heterocycles. The third-order valence-corrected chi connectivity index (χ3v) is 5.87. The fourth-order valence-corrected chi connectivity index (χ4v) is 3.89. The van der Waals surface area contributed by atoms with Crippen LogP contribution in [0.3, 0.4) is 0 Å². The minimum atomic E-state index is -4.89. The summed E-state index contributed by atoms with van der Waals surface area (Å²) in [5.41, 5.74) is 2.22. The molecule has 12 heteroatoms. The summed E-state index contributed by atoms with van der Waals surface area (Å²) in [6.45, 7) is 1.97. The number of ether oxygens (including phenoxy) is 2. The third-order valence-electron chi connectivity index (χ3n) is 5.87. The second-order valence-electron chi connectivity index (χ2n) is 7.72. The van der Waals surface area contributed by atoms with Gasteiger partial charge in [0.05, 0.1) is 7.11 Å². The molecule has 2 amide bonds. The summed E-state index contributed by atoms with van der Waals surface area (Å²) >= 11 is 0. The molecular formula is C21H20F5N3O4. The van der Waals surface area contributed by atoms with E-state index >= 15 is 0 Å². The van der Waals surface area contributed by atoms with Gasteiger partial charge < -0.3 is 20.5 Å². The number of aromatic nitrogens is 1. The normalized spacial score (nSPS) is 25.0. The molecule has 1 aliphatic heterocycles. The highest BCUT2D eigenvalue weighted by Gasteiger charge is 2.65. The molecule has 0 spiro atoms. The van der Waals surface area contributed by atoms with E-state index < -0.39 is 58.9 Å². The molecular weight excluding hydrogens is 453 g/mol. The summed E-state index contributed by atoms with van der Waals surface area (Å²) in [6, 6.07) is 4.20. The van der Waals surface area contributed by atoms with Crippen molar-refractivity contribution in [3.63, 3.8) is 0 Å². The number of primary amides is 1. The Morgan fingerprint density at radius 2 is 1.91 bits per heavy atom. The lowest BCUT2D eigenvalue weighted by Gasteiger charge is -2.32. The minimum absolute atomic E-state index is 0.0000342. The van der Waals surface area contributed by atoms with Crippen LogP contribution in [0.4, 0.5) is 27.8 Å². The van der Waals surface area contributed by atoms with Crippen LogP contribution < -0.4 is 15.8 Å². The van der Waals surface area contributed by atoms with Gasteiger partial charge in [-0.15, -0.1) is 0 Å². The first-order chi connectivity index (χ1) is 15.3. The van der Waals surface area contributed by atoms with Crippen LogP contribution in [-0.4, -0.2) is 41.8 Å². The van der Waals surface area contributed by atoms with Gasteiger partial charge in [0.1, 0.15) is 11.9 Å². The maximum atomic E-state index is 14.3.